The lowest BCUT2D eigenvalue weighted by Crippen LogP contribution is -2.34. The molecule has 174 valence electrons. The summed E-state index contributed by atoms with van der Waals surface area (Å²) in [6, 6.07) is 7.98. The number of hydrogen-bond donors (Lipinski definition) is 3. The van der Waals surface area contributed by atoms with Crippen molar-refractivity contribution in [2.75, 3.05) is 17.6 Å². The summed E-state index contributed by atoms with van der Waals surface area (Å²) in [5.74, 6) is 0.0462. The van der Waals surface area contributed by atoms with E-state index in [0.29, 0.717) is 22.0 Å². The molecule has 4 heterocycles. The van der Waals surface area contributed by atoms with Crippen molar-refractivity contribution in [2.24, 2.45) is 0 Å². The third-order valence-electron chi connectivity index (χ3n) is 5.59. The smallest absolute Gasteiger partial charge is 0.256 e. The number of anilines is 2. The molecule has 4 aromatic rings. The summed E-state index contributed by atoms with van der Waals surface area (Å²) in [4.78, 5) is 21.7. The minimum Gasteiger partial charge on any atom is -0.473 e. The van der Waals surface area contributed by atoms with E-state index in [0.717, 1.165) is 11.8 Å². The molecule has 0 radical (unpaired) electrons. The monoisotopic (exact) mass is 481 g/mol. The number of fused-ring (bicyclic) bond motifs is 2. The van der Waals surface area contributed by atoms with E-state index in [4.69, 9.17) is 27.1 Å². The van der Waals surface area contributed by atoms with Crippen LogP contribution in [0.15, 0.2) is 42.7 Å². The van der Waals surface area contributed by atoms with Gasteiger partial charge in [-0.15, -0.1) is 0 Å². The highest BCUT2D eigenvalue weighted by molar-refractivity contribution is 6.30. The Labute approximate surface area is 199 Å². The highest BCUT2D eigenvalue weighted by atomic mass is 35.5. The van der Waals surface area contributed by atoms with Crippen molar-refractivity contribution >= 4 is 34.8 Å². The van der Waals surface area contributed by atoms with Crippen molar-refractivity contribution in [1.82, 2.24) is 24.9 Å². The quantitative estimate of drug-likeness (QED) is 0.377. The number of carbonyl (C=O) groups excluding carboxylic acids is 1. The van der Waals surface area contributed by atoms with Crippen LogP contribution in [-0.2, 0) is 0 Å². The molecule has 1 aliphatic rings. The zero-order chi connectivity index (χ0) is 24.0. The lowest BCUT2D eigenvalue weighted by molar-refractivity contribution is 0.0932. The Hall–Kier alpha value is -3.92. The van der Waals surface area contributed by atoms with E-state index in [2.05, 4.69) is 20.7 Å². The summed E-state index contributed by atoms with van der Waals surface area (Å²) in [6.45, 7) is 3.82. The van der Waals surface area contributed by atoms with Gasteiger partial charge < -0.3 is 21.1 Å². The Kier molecular flexibility index (Phi) is 5.45. The maximum atomic E-state index is 14.1. The number of rotatable bonds is 1. The fraction of sp³-hybridized carbons (Fsp3) is 0.217. The number of carbonyl (C=O) groups is 1. The van der Waals surface area contributed by atoms with Gasteiger partial charge in [0.1, 0.15) is 29.1 Å². The van der Waals surface area contributed by atoms with Gasteiger partial charge in [0.25, 0.3) is 5.91 Å². The molecule has 0 saturated heterocycles. The maximum absolute atomic E-state index is 14.1. The van der Waals surface area contributed by atoms with Crippen molar-refractivity contribution < 1.29 is 13.9 Å². The molecule has 2 atom stereocenters. The molecule has 34 heavy (non-hydrogen) atoms. The van der Waals surface area contributed by atoms with E-state index in [9.17, 15) is 9.18 Å². The molecule has 11 heteroatoms. The molecule has 9 nitrogen and oxygen atoms in total. The van der Waals surface area contributed by atoms with E-state index in [1.54, 1.807) is 19.1 Å². The van der Waals surface area contributed by atoms with Crippen LogP contribution in [0.5, 0.6) is 5.88 Å². The number of aromatic nitrogens is 4. The number of nitrogen functional groups attached to an aromatic ring is 1. The van der Waals surface area contributed by atoms with E-state index in [-0.39, 0.29) is 35.4 Å². The highest BCUT2D eigenvalue weighted by Gasteiger charge is 2.25. The Morgan fingerprint density at radius 1 is 1.24 bits per heavy atom. The molecule has 1 amide bonds. The Bertz CT molecular complexity index is 1410. The maximum Gasteiger partial charge on any atom is 0.256 e. The van der Waals surface area contributed by atoms with Crippen LogP contribution in [-0.4, -0.2) is 38.1 Å². The molecule has 4 N–H and O–H groups in total. The van der Waals surface area contributed by atoms with Crippen molar-refractivity contribution in [2.45, 2.75) is 26.0 Å². The fourth-order valence-corrected chi connectivity index (χ4v) is 4.00. The number of benzene rings is 1. The summed E-state index contributed by atoms with van der Waals surface area (Å²) >= 11 is 6.08. The van der Waals surface area contributed by atoms with E-state index in [1.807, 2.05) is 19.1 Å². The van der Waals surface area contributed by atoms with Gasteiger partial charge in [-0.3, -0.25) is 4.79 Å². The second-order valence-corrected chi connectivity index (χ2v) is 8.51. The minimum atomic E-state index is -0.500. The number of nitrogens with zero attached hydrogens (tertiary/aromatic N) is 4. The topological polar surface area (TPSA) is 119 Å². The second-order valence-electron chi connectivity index (χ2n) is 8.07. The molecule has 0 spiro atoms. The van der Waals surface area contributed by atoms with Crippen LogP contribution in [0.2, 0.25) is 5.02 Å². The summed E-state index contributed by atoms with van der Waals surface area (Å²) in [6.07, 6.45) is 2.09. The van der Waals surface area contributed by atoms with Crippen LogP contribution in [0.4, 0.5) is 16.0 Å². The fourth-order valence-electron chi connectivity index (χ4n) is 3.88. The normalized spacial score (nSPS) is 18.2. The summed E-state index contributed by atoms with van der Waals surface area (Å²) < 4.78 is 21.5. The van der Waals surface area contributed by atoms with Gasteiger partial charge in [-0.05, 0) is 37.6 Å². The van der Waals surface area contributed by atoms with Crippen LogP contribution >= 0.6 is 11.6 Å². The van der Waals surface area contributed by atoms with Gasteiger partial charge >= 0.3 is 0 Å². The number of nitrogens with two attached hydrogens (primary N) is 1. The minimum absolute atomic E-state index is 0.196. The SMILES string of the molecule is CC1CNC(=O)c2cnn3c(N)c(-c4ccc(Cl)cc4)c(nc23)NC(C)c2cc(F)cnc2O1. The predicted molar refractivity (Wildman–Crippen MR) is 127 cm³/mol. The summed E-state index contributed by atoms with van der Waals surface area (Å²) in [5, 5.41) is 11.0. The van der Waals surface area contributed by atoms with Gasteiger partial charge in [0.05, 0.1) is 30.5 Å². The third-order valence-corrected chi connectivity index (χ3v) is 5.84. The van der Waals surface area contributed by atoms with Gasteiger partial charge in [0.15, 0.2) is 5.65 Å². The molecule has 1 aromatic carbocycles. The van der Waals surface area contributed by atoms with E-state index >= 15 is 0 Å². The molecule has 2 unspecified atom stereocenters. The molecule has 5 rings (SSSR count). The number of hydrogen-bond acceptors (Lipinski definition) is 7. The van der Waals surface area contributed by atoms with Gasteiger partial charge in [-0.25, -0.2) is 14.4 Å². The average molecular weight is 482 g/mol. The Morgan fingerprint density at radius 3 is 2.76 bits per heavy atom. The van der Waals surface area contributed by atoms with E-state index < -0.39 is 18.0 Å². The van der Waals surface area contributed by atoms with Crippen LogP contribution in [0, 0.1) is 5.82 Å². The zero-order valence-electron chi connectivity index (χ0n) is 18.3. The molecule has 0 saturated carbocycles. The Balaban J connectivity index is 1.74. The first-order valence-corrected chi connectivity index (χ1v) is 11.0. The first kappa shape index (κ1) is 21.9. The summed E-state index contributed by atoms with van der Waals surface area (Å²) in [5.41, 5.74) is 8.87. The van der Waals surface area contributed by atoms with Crippen molar-refractivity contribution in [3.05, 3.63) is 64.7 Å². The largest absolute Gasteiger partial charge is 0.473 e. The standard InChI is InChI=1S/C23H21ClFN7O2/c1-11-8-27-22(33)17-10-29-32-19(26)18(13-3-5-14(24)6-4-13)20(31-21(17)32)30-12(2)16-7-15(25)9-28-23(16)34-11/h3-7,9-12H,8,26H2,1-2H3,(H,27,33)(H,30,31). The Morgan fingerprint density at radius 2 is 2.00 bits per heavy atom. The zero-order valence-corrected chi connectivity index (χ0v) is 19.1. The second kappa shape index (κ2) is 8.45. The predicted octanol–water partition coefficient (Wildman–Crippen LogP) is 3.85. The van der Waals surface area contributed by atoms with Crippen LogP contribution in [0.25, 0.3) is 16.8 Å². The van der Waals surface area contributed by atoms with E-state index in [1.165, 1.54) is 16.8 Å². The van der Waals surface area contributed by atoms with Gasteiger partial charge in [-0.2, -0.15) is 9.61 Å². The molecule has 0 fully saturated rings. The average Bonchev–Trinajstić information content (AvgIpc) is 3.23. The van der Waals surface area contributed by atoms with Gasteiger partial charge in [0.2, 0.25) is 5.88 Å². The van der Waals surface area contributed by atoms with Crippen molar-refractivity contribution in [3.63, 3.8) is 0 Å². The highest BCUT2D eigenvalue weighted by Crippen LogP contribution is 2.37. The number of nitrogens with one attached hydrogen (secondary N) is 2. The summed E-state index contributed by atoms with van der Waals surface area (Å²) in [7, 11) is 0. The molecular formula is C23H21ClFN7O2. The number of ether oxygens (including phenoxy) is 1. The van der Waals surface area contributed by atoms with Crippen LogP contribution < -0.4 is 21.1 Å². The molecule has 2 bridgehead atoms. The molecular weight excluding hydrogens is 461 g/mol. The first-order valence-electron chi connectivity index (χ1n) is 10.6. The first-order chi connectivity index (χ1) is 16.3. The molecule has 1 aliphatic heterocycles. The lowest BCUT2D eigenvalue weighted by atomic mass is 10.1. The van der Waals surface area contributed by atoms with Gasteiger partial charge in [0, 0.05) is 10.6 Å². The lowest BCUT2D eigenvalue weighted by Gasteiger charge is -2.22. The van der Waals surface area contributed by atoms with Crippen molar-refractivity contribution in [1.29, 1.82) is 0 Å². The number of amides is 1. The third kappa shape index (κ3) is 3.86. The van der Waals surface area contributed by atoms with Crippen LogP contribution in [0.1, 0.15) is 35.8 Å². The number of pyridine rings is 1. The molecule has 0 aliphatic carbocycles. The van der Waals surface area contributed by atoms with Gasteiger partial charge in [-0.1, -0.05) is 23.7 Å². The van der Waals surface area contributed by atoms with Crippen molar-refractivity contribution in [3.8, 4) is 17.0 Å². The number of halogens is 2. The van der Waals surface area contributed by atoms with Crippen LogP contribution in [0.3, 0.4) is 0 Å². The molecule has 3 aromatic heterocycles.